The van der Waals surface area contributed by atoms with Crippen molar-refractivity contribution in [1.29, 1.82) is 0 Å². The zero-order valence-corrected chi connectivity index (χ0v) is 20.5. The van der Waals surface area contributed by atoms with Crippen LogP contribution in [0.5, 0.6) is 5.75 Å². The summed E-state index contributed by atoms with van der Waals surface area (Å²) in [5, 5.41) is 11.6. The molecule has 0 aliphatic heterocycles. The van der Waals surface area contributed by atoms with E-state index in [4.69, 9.17) is 13.9 Å². The molecule has 1 atom stereocenters. The summed E-state index contributed by atoms with van der Waals surface area (Å²) in [5.74, 6) is 1.27. The van der Waals surface area contributed by atoms with Gasteiger partial charge < -0.3 is 19.0 Å². The monoisotopic (exact) mass is 453 g/mol. The summed E-state index contributed by atoms with van der Waals surface area (Å²) in [5.41, 5.74) is 0.194. The summed E-state index contributed by atoms with van der Waals surface area (Å²) in [6.07, 6.45) is 2.15. The minimum Gasteiger partial charge on any atom is -0.493 e. The van der Waals surface area contributed by atoms with Crippen LogP contribution in [0, 0.1) is 12.3 Å². The SMILES string of the molecule is CCCOC(C)(C(=O)O)c1ccc(OCCc2nc(CC(C)(C)C)oc2C)c2ccccc12. The summed E-state index contributed by atoms with van der Waals surface area (Å²) in [6.45, 7) is 12.8. The molecule has 0 aliphatic rings. The quantitative estimate of drug-likeness (QED) is 0.401. The van der Waals surface area contributed by atoms with Crippen molar-refractivity contribution in [1.82, 2.24) is 4.98 Å². The molecule has 0 aliphatic carbocycles. The molecule has 1 unspecified atom stereocenters. The van der Waals surface area contributed by atoms with Crippen LogP contribution in [-0.2, 0) is 28.0 Å². The first-order valence-corrected chi connectivity index (χ1v) is 11.5. The average Bonchev–Trinajstić information content (AvgIpc) is 3.08. The predicted octanol–water partition coefficient (Wildman–Crippen LogP) is 6.07. The van der Waals surface area contributed by atoms with Crippen molar-refractivity contribution in [2.75, 3.05) is 13.2 Å². The second kappa shape index (κ2) is 9.96. The number of carbonyl (C=O) groups is 1. The van der Waals surface area contributed by atoms with Crippen molar-refractivity contribution in [3.8, 4) is 5.75 Å². The van der Waals surface area contributed by atoms with E-state index in [2.05, 4.69) is 25.8 Å². The number of ether oxygens (including phenoxy) is 2. The van der Waals surface area contributed by atoms with Crippen molar-refractivity contribution in [2.45, 2.75) is 66.4 Å². The van der Waals surface area contributed by atoms with Gasteiger partial charge in [0, 0.05) is 30.4 Å². The van der Waals surface area contributed by atoms with E-state index in [1.54, 1.807) is 13.0 Å². The number of aliphatic carboxylic acids is 1. The molecule has 0 bridgehead atoms. The molecule has 3 aromatic rings. The highest BCUT2D eigenvalue weighted by atomic mass is 16.5. The maximum Gasteiger partial charge on any atom is 0.340 e. The second-order valence-electron chi connectivity index (χ2n) is 9.79. The summed E-state index contributed by atoms with van der Waals surface area (Å²) in [7, 11) is 0. The Labute approximate surface area is 195 Å². The van der Waals surface area contributed by atoms with Gasteiger partial charge in [0.2, 0.25) is 0 Å². The number of carboxylic acids is 1. The molecule has 1 heterocycles. The molecular formula is C27H35NO5. The van der Waals surface area contributed by atoms with E-state index in [0.717, 1.165) is 41.0 Å². The number of hydrogen-bond donors (Lipinski definition) is 1. The van der Waals surface area contributed by atoms with E-state index < -0.39 is 11.6 Å². The molecule has 0 fully saturated rings. The van der Waals surface area contributed by atoms with Gasteiger partial charge >= 0.3 is 5.97 Å². The standard InChI is InChI=1S/C27H35NO5/c1-7-15-32-27(6,25(29)30)21-12-13-23(20-11-9-8-10-19(20)21)31-16-14-22-18(2)33-24(28-22)17-26(3,4)5/h8-13H,7,14-17H2,1-6H3,(H,29,30). The summed E-state index contributed by atoms with van der Waals surface area (Å²) < 4.78 is 17.8. The number of hydrogen-bond acceptors (Lipinski definition) is 5. The first kappa shape index (κ1) is 24.8. The Morgan fingerprint density at radius 3 is 2.39 bits per heavy atom. The third-order valence-electron chi connectivity index (χ3n) is 5.62. The van der Waals surface area contributed by atoms with E-state index >= 15 is 0 Å². The van der Waals surface area contributed by atoms with Gasteiger partial charge in [0.25, 0.3) is 0 Å². The first-order chi connectivity index (χ1) is 15.5. The van der Waals surface area contributed by atoms with Gasteiger partial charge in [-0.2, -0.15) is 0 Å². The largest absolute Gasteiger partial charge is 0.493 e. The number of rotatable bonds is 10. The highest BCUT2D eigenvalue weighted by Crippen LogP contribution is 2.36. The fraction of sp³-hybridized carbons (Fsp3) is 0.481. The van der Waals surface area contributed by atoms with E-state index in [-0.39, 0.29) is 5.41 Å². The van der Waals surface area contributed by atoms with Gasteiger partial charge in [-0.05, 0) is 37.1 Å². The van der Waals surface area contributed by atoms with Gasteiger partial charge in [-0.1, -0.05) is 58.0 Å². The fourth-order valence-corrected chi connectivity index (χ4v) is 3.88. The van der Waals surface area contributed by atoms with Crippen LogP contribution in [0.1, 0.15) is 63.9 Å². The van der Waals surface area contributed by atoms with Crippen LogP contribution in [0.15, 0.2) is 40.8 Å². The Morgan fingerprint density at radius 1 is 1.06 bits per heavy atom. The maximum atomic E-state index is 12.1. The van der Waals surface area contributed by atoms with Crippen molar-refractivity contribution in [3.63, 3.8) is 0 Å². The highest BCUT2D eigenvalue weighted by Gasteiger charge is 2.38. The van der Waals surface area contributed by atoms with E-state index in [1.807, 2.05) is 44.2 Å². The van der Waals surface area contributed by atoms with Crippen LogP contribution in [0.25, 0.3) is 10.8 Å². The van der Waals surface area contributed by atoms with Crippen LogP contribution in [0.4, 0.5) is 0 Å². The Kier molecular flexibility index (Phi) is 7.48. The minimum absolute atomic E-state index is 0.108. The van der Waals surface area contributed by atoms with Crippen molar-refractivity contribution in [3.05, 3.63) is 59.3 Å². The number of nitrogens with zero attached hydrogens (tertiary/aromatic N) is 1. The van der Waals surface area contributed by atoms with Crippen LogP contribution in [0.3, 0.4) is 0 Å². The fourth-order valence-electron chi connectivity index (χ4n) is 3.88. The van der Waals surface area contributed by atoms with Gasteiger partial charge in [-0.3, -0.25) is 0 Å². The van der Waals surface area contributed by atoms with Crippen LogP contribution >= 0.6 is 0 Å². The molecule has 2 aromatic carbocycles. The second-order valence-corrected chi connectivity index (χ2v) is 9.79. The molecule has 1 N–H and O–H groups in total. The maximum absolute atomic E-state index is 12.1. The van der Waals surface area contributed by atoms with Crippen molar-refractivity contribution < 1.29 is 23.8 Å². The molecule has 0 radical (unpaired) electrons. The first-order valence-electron chi connectivity index (χ1n) is 11.5. The molecule has 33 heavy (non-hydrogen) atoms. The Morgan fingerprint density at radius 2 is 1.76 bits per heavy atom. The molecule has 0 saturated heterocycles. The zero-order chi connectivity index (χ0) is 24.2. The highest BCUT2D eigenvalue weighted by molar-refractivity contribution is 5.95. The molecule has 0 saturated carbocycles. The van der Waals surface area contributed by atoms with Gasteiger partial charge in [0.1, 0.15) is 11.5 Å². The molecule has 0 spiro atoms. The Bertz CT molecular complexity index is 1110. The number of carboxylic acid groups (broad SMARTS) is 1. The lowest BCUT2D eigenvalue weighted by molar-refractivity contribution is -0.165. The number of oxazole rings is 1. The topological polar surface area (TPSA) is 81.8 Å². The lowest BCUT2D eigenvalue weighted by Gasteiger charge is -2.27. The smallest absolute Gasteiger partial charge is 0.340 e. The van der Waals surface area contributed by atoms with Gasteiger partial charge in [-0.25, -0.2) is 9.78 Å². The third-order valence-corrected chi connectivity index (χ3v) is 5.62. The third kappa shape index (κ3) is 5.74. The average molecular weight is 454 g/mol. The summed E-state index contributed by atoms with van der Waals surface area (Å²) in [6, 6.07) is 11.3. The predicted molar refractivity (Wildman–Crippen MR) is 129 cm³/mol. The normalized spacial score (nSPS) is 13.8. The Balaban J connectivity index is 1.82. The summed E-state index contributed by atoms with van der Waals surface area (Å²) in [4.78, 5) is 16.8. The van der Waals surface area contributed by atoms with E-state index in [0.29, 0.717) is 30.9 Å². The van der Waals surface area contributed by atoms with Gasteiger partial charge in [-0.15, -0.1) is 0 Å². The lowest BCUT2D eigenvalue weighted by atomic mass is 9.90. The number of benzene rings is 2. The molecular weight excluding hydrogens is 418 g/mol. The molecule has 1 aromatic heterocycles. The van der Waals surface area contributed by atoms with Crippen LogP contribution < -0.4 is 4.74 Å². The molecule has 3 rings (SSSR count). The lowest BCUT2D eigenvalue weighted by Crippen LogP contribution is -2.36. The number of fused-ring (bicyclic) bond motifs is 1. The van der Waals surface area contributed by atoms with Gasteiger partial charge in [0.05, 0.1) is 12.3 Å². The van der Waals surface area contributed by atoms with Gasteiger partial charge in [0.15, 0.2) is 11.5 Å². The van der Waals surface area contributed by atoms with Crippen molar-refractivity contribution >= 4 is 16.7 Å². The number of aryl methyl sites for hydroxylation is 1. The van der Waals surface area contributed by atoms with E-state index in [9.17, 15) is 9.90 Å². The van der Waals surface area contributed by atoms with Crippen molar-refractivity contribution in [2.24, 2.45) is 5.41 Å². The van der Waals surface area contributed by atoms with Crippen LogP contribution in [0.2, 0.25) is 0 Å². The van der Waals surface area contributed by atoms with Crippen LogP contribution in [-0.4, -0.2) is 29.3 Å². The number of aromatic nitrogens is 1. The zero-order valence-electron chi connectivity index (χ0n) is 20.5. The molecule has 6 heteroatoms. The summed E-state index contributed by atoms with van der Waals surface area (Å²) >= 11 is 0. The molecule has 178 valence electrons. The minimum atomic E-state index is -1.44. The molecule has 0 amide bonds. The van der Waals surface area contributed by atoms with E-state index in [1.165, 1.54) is 0 Å². The molecule has 6 nitrogen and oxygen atoms in total. The Hall–Kier alpha value is -2.86.